The number of benzene rings is 1. The standard InChI is InChI=1S/C27H31N7O2/c1-32-10-12-33(13-11-32)21-15-23-26(28-16-21)25(30-17-29-23)18-6-8-34(9-7-18)27(36)20-2-4-22-19(14-20)3-5-24(35)31-22/h2,4,14-18H,3,5-13H2,1H3,(H,31,35). The summed E-state index contributed by atoms with van der Waals surface area (Å²) in [6, 6.07) is 7.74. The van der Waals surface area contributed by atoms with E-state index >= 15 is 0 Å². The van der Waals surface area contributed by atoms with E-state index in [-0.39, 0.29) is 17.7 Å². The van der Waals surface area contributed by atoms with Crippen molar-refractivity contribution in [2.24, 2.45) is 0 Å². The van der Waals surface area contributed by atoms with Crippen LogP contribution in [0.2, 0.25) is 0 Å². The van der Waals surface area contributed by atoms with Gasteiger partial charge in [-0.3, -0.25) is 14.6 Å². The fourth-order valence-electron chi connectivity index (χ4n) is 5.54. The van der Waals surface area contributed by atoms with E-state index in [0.29, 0.717) is 31.5 Å². The number of pyridine rings is 1. The monoisotopic (exact) mass is 485 g/mol. The van der Waals surface area contributed by atoms with Crippen LogP contribution < -0.4 is 10.2 Å². The zero-order valence-corrected chi connectivity index (χ0v) is 20.6. The van der Waals surface area contributed by atoms with Gasteiger partial charge in [-0.2, -0.15) is 0 Å². The van der Waals surface area contributed by atoms with E-state index in [1.165, 1.54) is 0 Å². The summed E-state index contributed by atoms with van der Waals surface area (Å²) in [5.41, 5.74) is 6.40. The molecule has 2 fully saturated rings. The Hall–Kier alpha value is -3.59. The van der Waals surface area contributed by atoms with Gasteiger partial charge in [0.25, 0.3) is 5.91 Å². The molecule has 9 heteroatoms. The molecule has 2 saturated heterocycles. The smallest absolute Gasteiger partial charge is 0.253 e. The first kappa shape index (κ1) is 22.8. The second kappa shape index (κ2) is 9.46. The van der Waals surface area contributed by atoms with Crippen molar-refractivity contribution in [3.05, 3.63) is 53.6 Å². The van der Waals surface area contributed by atoms with E-state index in [4.69, 9.17) is 4.98 Å². The van der Waals surface area contributed by atoms with Gasteiger partial charge >= 0.3 is 0 Å². The maximum absolute atomic E-state index is 13.2. The topological polar surface area (TPSA) is 94.6 Å². The van der Waals surface area contributed by atoms with E-state index in [2.05, 4.69) is 38.2 Å². The Bertz CT molecular complexity index is 1310. The minimum Gasteiger partial charge on any atom is -0.368 e. The molecular weight excluding hydrogens is 454 g/mol. The molecule has 3 aromatic rings. The van der Waals surface area contributed by atoms with Crippen LogP contribution >= 0.6 is 0 Å². The van der Waals surface area contributed by atoms with Crippen molar-refractivity contribution in [3.63, 3.8) is 0 Å². The molecular formula is C27H31N7O2. The minimum absolute atomic E-state index is 0.0333. The molecule has 1 N–H and O–H groups in total. The highest BCUT2D eigenvalue weighted by atomic mass is 16.2. The predicted molar refractivity (Wildman–Crippen MR) is 138 cm³/mol. The molecule has 0 bridgehead atoms. The number of rotatable bonds is 3. The van der Waals surface area contributed by atoms with Crippen LogP contribution in [0.25, 0.3) is 11.0 Å². The summed E-state index contributed by atoms with van der Waals surface area (Å²) in [5, 5.41) is 2.88. The van der Waals surface area contributed by atoms with Gasteiger partial charge in [0, 0.05) is 62.9 Å². The number of piperazine rings is 1. The number of aryl methyl sites for hydroxylation is 1. The van der Waals surface area contributed by atoms with Crippen molar-refractivity contribution in [3.8, 4) is 0 Å². The fourth-order valence-corrected chi connectivity index (χ4v) is 5.54. The SMILES string of the molecule is CN1CCN(c2cnc3c(C4CCN(C(=O)c5ccc6c(c5)CCC(=O)N6)CC4)ncnc3c2)CC1. The van der Waals surface area contributed by atoms with E-state index < -0.39 is 0 Å². The van der Waals surface area contributed by atoms with Crippen LogP contribution in [0.1, 0.15) is 46.8 Å². The first-order chi connectivity index (χ1) is 17.5. The number of aromatic nitrogens is 3. The molecule has 186 valence electrons. The lowest BCUT2D eigenvalue weighted by Crippen LogP contribution is -2.44. The quantitative estimate of drug-likeness (QED) is 0.610. The molecule has 9 nitrogen and oxygen atoms in total. The highest BCUT2D eigenvalue weighted by Gasteiger charge is 2.28. The number of amides is 2. The molecule has 1 aromatic carbocycles. The van der Waals surface area contributed by atoms with Gasteiger partial charge in [-0.1, -0.05) is 0 Å². The van der Waals surface area contributed by atoms with Gasteiger partial charge in [-0.25, -0.2) is 9.97 Å². The average molecular weight is 486 g/mol. The summed E-state index contributed by atoms with van der Waals surface area (Å²) >= 11 is 0. The average Bonchev–Trinajstić information content (AvgIpc) is 2.92. The minimum atomic E-state index is 0.0333. The Kier molecular flexibility index (Phi) is 6.00. The van der Waals surface area contributed by atoms with Gasteiger partial charge in [-0.05, 0) is 56.1 Å². The zero-order chi connectivity index (χ0) is 24.6. The van der Waals surface area contributed by atoms with Gasteiger partial charge in [0.05, 0.1) is 23.1 Å². The maximum Gasteiger partial charge on any atom is 0.253 e. The first-order valence-electron chi connectivity index (χ1n) is 12.8. The highest BCUT2D eigenvalue weighted by molar-refractivity contribution is 5.98. The molecule has 0 radical (unpaired) electrons. The summed E-state index contributed by atoms with van der Waals surface area (Å²) in [6.45, 7) is 5.45. The first-order valence-corrected chi connectivity index (χ1v) is 12.8. The Balaban J connectivity index is 1.14. The van der Waals surface area contributed by atoms with Crippen molar-refractivity contribution >= 4 is 34.2 Å². The third-order valence-corrected chi connectivity index (χ3v) is 7.77. The summed E-state index contributed by atoms with van der Waals surface area (Å²) in [6.07, 6.45) is 6.44. The molecule has 0 spiro atoms. The molecule has 0 atom stereocenters. The van der Waals surface area contributed by atoms with Crippen molar-refractivity contribution in [1.82, 2.24) is 24.8 Å². The number of hydrogen-bond acceptors (Lipinski definition) is 7. The lowest BCUT2D eigenvalue weighted by Gasteiger charge is -2.34. The number of carbonyl (C=O) groups is 2. The second-order valence-corrected chi connectivity index (χ2v) is 10.1. The number of nitrogens with one attached hydrogen (secondary N) is 1. The number of likely N-dealkylation sites (N-methyl/N-ethyl adjacent to an activating group) is 1. The van der Waals surface area contributed by atoms with Gasteiger partial charge in [0.1, 0.15) is 11.8 Å². The molecule has 3 aliphatic rings. The van der Waals surface area contributed by atoms with Crippen molar-refractivity contribution in [2.45, 2.75) is 31.6 Å². The van der Waals surface area contributed by atoms with E-state index in [1.807, 2.05) is 29.3 Å². The number of likely N-dealkylation sites (tertiary alicyclic amines) is 1. The van der Waals surface area contributed by atoms with Crippen LogP contribution in [-0.4, -0.2) is 82.9 Å². The normalized spacial score (nSPS) is 19.3. The third-order valence-electron chi connectivity index (χ3n) is 7.77. The summed E-state index contributed by atoms with van der Waals surface area (Å²) in [5.74, 6) is 0.335. The molecule has 3 aliphatic heterocycles. The molecule has 6 rings (SSSR count). The van der Waals surface area contributed by atoms with Crippen LogP contribution in [0.4, 0.5) is 11.4 Å². The Labute approximate surface area is 210 Å². The lowest BCUT2D eigenvalue weighted by atomic mass is 9.91. The van der Waals surface area contributed by atoms with Crippen LogP contribution in [0.15, 0.2) is 36.8 Å². The number of piperidine rings is 1. The van der Waals surface area contributed by atoms with Crippen molar-refractivity contribution in [2.75, 3.05) is 56.5 Å². The van der Waals surface area contributed by atoms with E-state index in [1.54, 1.807) is 6.33 Å². The van der Waals surface area contributed by atoms with Crippen LogP contribution in [0.5, 0.6) is 0 Å². The highest BCUT2D eigenvalue weighted by Crippen LogP contribution is 2.32. The summed E-state index contributed by atoms with van der Waals surface area (Å²) in [7, 11) is 2.15. The largest absolute Gasteiger partial charge is 0.368 e. The molecule has 0 aliphatic carbocycles. The predicted octanol–water partition coefficient (Wildman–Crippen LogP) is 2.68. The number of carbonyl (C=O) groups excluding carboxylic acids is 2. The van der Waals surface area contributed by atoms with Crippen molar-refractivity contribution in [1.29, 1.82) is 0 Å². The van der Waals surface area contributed by atoms with Crippen molar-refractivity contribution < 1.29 is 9.59 Å². The molecule has 2 amide bonds. The van der Waals surface area contributed by atoms with Gasteiger partial charge in [-0.15, -0.1) is 0 Å². The van der Waals surface area contributed by atoms with Gasteiger partial charge in [0.2, 0.25) is 5.91 Å². The van der Waals surface area contributed by atoms with Crippen LogP contribution in [-0.2, 0) is 11.2 Å². The maximum atomic E-state index is 13.2. The fraction of sp³-hybridized carbons (Fsp3) is 0.444. The van der Waals surface area contributed by atoms with E-state index in [0.717, 1.165) is 72.7 Å². The Morgan fingerprint density at radius 1 is 0.972 bits per heavy atom. The number of nitrogens with zero attached hydrogens (tertiary/aromatic N) is 6. The number of anilines is 2. The molecule has 0 saturated carbocycles. The van der Waals surface area contributed by atoms with Gasteiger partial charge in [0.15, 0.2) is 0 Å². The molecule has 5 heterocycles. The molecule has 36 heavy (non-hydrogen) atoms. The molecule has 2 aromatic heterocycles. The van der Waals surface area contributed by atoms with Gasteiger partial charge < -0.3 is 20.0 Å². The zero-order valence-electron chi connectivity index (χ0n) is 20.6. The second-order valence-electron chi connectivity index (χ2n) is 10.1. The summed E-state index contributed by atoms with van der Waals surface area (Å²) < 4.78 is 0. The summed E-state index contributed by atoms with van der Waals surface area (Å²) in [4.78, 5) is 45.4. The lowest BCUT2D eigenvalue weighted by molar-refractivity contribution is -0.116. The van der Waals surface area contributed by atoms with E-state index in [9.17, 15) is 9.59 Å². The Morgan fingerprint density at radius 3 is 2.58 bits per heavy atom. The third kappa shape index (κ3) is 4.39. The molecule has 0 unspecified atom stereocenters. The number of hydrogen-bond donors (Lipinski definition) is 1. The van der Waals surface area contributed by atoms with Crippen LogP contribution in [0.3, 0.4) is 0 Å². The Morgan fingerprint density at radius 2 is 1.78 bits per heavy atom. The number of fused-ring (bicyclic) bond motifs is 2. The van der Waals surface area contributed by atoms with Crippen LogP contribution in [0, 0.1) is 0 Å².